The van der Waals surface area contributed by atoms with E-state index in [-0.39, 0.29) is 6.42 Å². The van der Waals surface area contributed by atoms with E-state index in [1.165, 1.54) is 13.8 Å². The minimum absolute atomic E-state index is 0.198. The van der Waals surface area contributed by atoms with E-state index in [1.54, 1.807) is 0 Å². The van der Waals surface area contributed by atoms with Gasteiger partial charge >= 0.3 is 6.18 Å². The Morgan fingerprint density at radius 2 is 1.46 bits per heavy atom. The molecule has 2 rings (SSSR count). The van der Waals surface area contributed by atoms with E-state index < -0.39 is 74.0 Å². The first-order valence-electron chi connectivity index (χ1n) is 7.31. The number of hydrogen-bond donors (Lipinski definition) is 0. The number of ether oxygens (including phenoxy) is 2. The fourth-order valence-corrected chi connectivity index (χ4v) is 3.10. The van der Waals surface area contributed by atoms with Crippen LogP contribution in [0.1, 0.15) is 20.3 Å². The predicted octanol–water partition coefficient (Wildman–Crippen LogP) is 3.45. The SMILES string of the molecule is CC1(C)CC(S(=O)(=O)COc2c(F)c(F)c(OCC(F)(F)F)c(F)c2F)=NO1. The van der Waals surface area contributed by atoms with Crippen LogP contribution in [0.25, 0.3) is 0 Å². The van der Waals surface area contributed by atoms with Gasteiger partial charge in [-0.05, 0) is 13.8 Å². The van der Waals surface area contributed by atoms with Crippen molar-refractivity contribution < 1.29 is 53.5 Å². The zero-order chi connectivity index (χ0) is 21.5. The molecule has 0 saturated carbocycles. The average molecular weight is 439 g/mol. The van der Waals surface area contributed by atoms with Crippen LogP contribution in [0.4, 0.5) is 30.7 Å². The summed E-state index contributed by atoms with van der Waals surface area (Å²) in [7, 11) is -4.38. The molecule has 0 amide bonds. The van der Waals surface area contributed by atoms with Gasteiger partial charge in [0.25, 0.3) is 0 Å². The van der Waals surface area contributed by atoms with Gasteiger partial charge in [0, 0.05) is 6.42 Å². The number of rotatable bonds is 5. The molecule has 1 aliphatic rings. The Hall–Kier alpha value is -2.25. The van der Waals surface area contributed by atoms with Crippen LogP contribution in [0.3, 0.4) is 0 Å². The van der Waals surface area contributed by atoms with Crippen LogP contribution >= 0.6 is 0 Å². The largest absolute Gasteiger partial charge is 0.478 e. The van der Waals surface area contributed by atoms with Crippen LogP contribution in [-0.4, -0.2) is 37.8 Å². The Labute approximate surface area is 153 Å². The number of oxime groups is 1. The second kappa shape index (κ2) is 7.29. The minimum atomic E-state index is -5.03. The number of halogens is 7. The van der Waals surface area contributed by atoms with Crippen LogP contribution in [0.2, 0.25) is 0 Å². The Bertz CT molecular complexity index is 883. The first-order valence-corrected chi connectivity index (χ1v) is 8.96. The third-order valence-corrected chi connectivity index (χ3v) is 4.62. The van der Waals surface area contributed by atoms with Gasteiger partial charge in [0.15, 0.2) is 29.1 Å². The number of hydrogen-bond acceptors (Lipinski definition) is 6. The smallest absolute Gasteiger partial charge is 0.422 e. The van der Waals surface area contributed by atoms with Gasteiger partial charge in [-0.15, -0.1) is 0 Å². The van der Waals surface area contributed by atoms with Crippen molar-refractivity contribution in [3.05, 3.63) is 23.3 Å². The molecule has 1 aliphatic heterocycles. The first-order chi connectivity index (χ1) is 12.6. The van der Waals surface area contributed by atoms with Crippen LogP contribution in [0.5, 0.6) is 11.5 Å². The normalized spacial score (nSPS) is 16.5. The van der Waals surface area contributed by atoms with Gasteiger partial charge in [-0.25, -0.2) is 8.42 Å². The maximum Gasteiger partial charge on any atom is 0.422 e. The second-order valence-electron chi connectivity index (χ2n) is 6.21. The number of alkyl halides is 3. The lowest BCUT2D eigenvalue weighted by molar-refractivity contribution is -0.154. The predicted molar refractivity (Wildman–Crippen MR) is 79.5 cm³/mol. The fourth-order valence-electron chi connectivity index (χ4n) is 1.97. The molecule has 158 valence electrons. The third kappa shape index (κ3) is 4.77. The molecular formula is C14H12F7NO5S. The molecule has 0 spiro atoms. The van der Waals surface area contributed by atoms with E-state index >= 15 is 0 Å². The van der Waals surface area contributed by atoms with Crippen molar-refractivity contribution in [3.8, 4) is 11.5 Å². The highest BCUT2D eigenvalue weighted by Gasteiger charge is 2.38. The molecule has 6 nitrogen and oxygen atoms in total. The van der Waals surface area contributed by atoms with Crippen molar-refractivity contribution in [1.29, 1.82) is 0 Å². The average Bonchev–Trinajstić information content (AvgIpc) is 2.93. The van der Waals surface area contributed by atoms with E-state index in [4.69, 9.17) is 4.84 Å². The summed E-state index contributed by atoms with van der Waals surface area (Å²) in [5, 5.41) is 2.78. The summed E-state index contributed by atoms with van der Waals surface area (Å²) in [4.78, 5) is 4.82. The fraction of sp³-hybridized carbons (Fsp3) is 0.500. The van der Waals surface area contributed by atoms with E-state index in [2.05, 4.69) is 14.6 Å². The lowest BCUT2D eigenvalue weighted by Gasteiger charge is -2.15. The van der Waals surface area contributed by atoms with Crippen LogP contribution in [0, 0.1) is 23.3 Å². The molecule has 0 fully saturated rings. The maximum atomic E-state index is 13.9. The molecule has 1 heterocycles. The molecule has 14 heteroatoms. The first kappa shape index (κ1) is 22.0. The third-order valence-electron chi connectivity index (χ3n) is 3.25. The molecule has 1 aromatic carbocycles. The topological polar surface area (TPSA) is 74.2 Å². The number of benzene rings is 1. The minimum Gasteiger partial charge on any atom is -0.478 e. The maximum absolute atomic E-state index is 13.9. The summed E-state index contributed by atoms with van der Waals surface area (Å²) in [5.74, 6) is -14.4. The molecular weight excluding hydrogens is 427 g/mol. The summed E-state index contributed by atoms with van der Waals surface area (Å²) >= 11 is 0. The zero-order valence-electron chi connectivity index (χ0n) is 14.2. The molecule has 1 aromatic rings. The summed E-state index contributed by atoms with van der Waals surface area (Å²) in [6, 6.07) is 0. The molecule has 0 radical (unpaired) electrons. The monoisotopic (exact) mass is 439 g/mol. The van der Waals surface area contributed by atoms with Crippen LogP contribution < -0.4 is 9.47 Å². The van der Waals surface area contributed by atoms with Crippen molar-refractivity contribution in [2.24, 2.45) is 5.16 Å². The summed E-state index contributed by atoms with van der Waals surface area (Å²) in [6.07, 6.45) is -5.23. The van der Waals surface area contributed by atoms with E-state index in [9.17, 15) is 39.2 Å². The number of sulfone groups is 1. The Kier molecular flexibility index (Phi) is 5.74. The van der Waals surface area contributed by atoms with Gasteiger partial charge < -0.3 is 14.3 Å². The highest BCUT2D eigenvalue weighted by molar-refractivity contribution is 8.06. The Morgan fingerprint density at radius 1 is 1.00 bits per heavy atom. The second-order valence-corrected chi connectivity index (χ2v) is 8.14. The van der Waals surface area contributed by atoms with Crippen molar-refractivity contribution in [1.82, 2.24) is 0 Å². The molecule has 0 N–H and O–H groups in total. The summed E-state index contributed by atoms with van der Waals surface area (Å²) < 4.78 is 124. The molecule has 0 aliphatic carbocycles. The zero-order valence-corrected chi connectivity index (χ0v) is 15.0. The van der Waals surface area contributed by atoms with Crippen LogP contribution in [-0.2, 0) is 14.7 Å². The van der Waals surface area contributed by atoms with Gasteiger partial charge in [-0.3, -0.25) is 0 Å². The van der Waals surface area contributed by atoms with Gasteiger partial charge in [-0.1, -0.05) is 5.16 Å². The van der Waals surface area contributed by atoms with E-state index in [0.717, 1.165) is 0 Å². The van der Waals surface area contributed by atoms with Gasteiger partial charge in [-0.2, -0.15) is 30.7 Å². The number of nitrogens with zero attached hydrogens (tertiary/aromatic N) is 1. The molecule has 0 unspecified atom stereocenters. The molecule has 0 atom stereocenters. The molecule has 0 aromatic heterocycles. The lowest BCUT2D eigenvalue weighted by Crippen LogP contribution is -2.26. The van der Waals surface area contributed by atoms with Gasteiger partial charge in [0.05, 0.1) is 0 Å². The summed E-state index contributed by atoms with van der Waals surface area (Å²) in [5.41, 5.74) is -0.964. The highest BCUT2D eigenvalue weighted by Crippen LogP contribution is 2.36. The lowest BCUT2D eigenvalue weighted by atomic mass is 10.1. The van der Waals surface area contributed by atoms with Gasteiger partial charge in [0.1, 0.15) is 5.60 Å². The Balaban J connectivity index is 2.25. The van der Waals surface area contributed by atoms with Crippen LogP contribution in [0.15, 0.2) is 5.16 Å². The Morgan fingerprint density at radius 3 is 1.86 bits per heavy atom. The molecule has 28 heavy (non-hydrogen) atoms. The quantitative estimate of drug-likeness (QED) is 0.519. The molecule has 0 bridgehead atoms. The standard InChI is InChI=1S/C14H12F7NO5S/c1-13(2)3-6(22-27-13)28(23,24)5-26-12-9(17)7(15)11(8(16)10(12)18)25-4-14(19,20)21/h3-5H2,1-2H3. The van der Waals surface area contributed by atoms with Crippen molar-refractivity contribution in [2.75, 3.05) is 12.5 Å². The highest BCUT2D eigenvalue weighted by atomic mass is 32.2. The van der Waals surface area contributed by atoms with Crippen molar-refractivity contribution in [2.45, 2.75) is 32.0 Å². The van der Waals surface area contributed by atoms with Crippen molar-refractivity contribution in [3.63, 3.8) is 0 Å². The van der Waals surface area contributed by atoms with Gasteiger partial charge in [0.2, 0.25) is 33.1 Å². The molecule has 0 saturated heterocycles. The van der Waals surface area contributed by atoms with E-state index in [0.29, 0.717) is 0 Å². The van der Waals surface area contributed by atoms with Crippen molar-refractivity contribution >= 4 is 14.9 Å². The summed E-state index contributed by atoms with van der Waals surface area (Å²) in [6.45, 7) is 0.789. The van der Waals surface area contributed by atoms with E-state index in [1.807, 2.05) is 0 Å².